The van der Waals surface area contributed by atoms with Crippen LogP contribution in [0.25, 0.3) is 0 Å². The Morgan fingerprint density at radius 1 is 1.17 bits per heavy atom. The first-order chi connectivity index (χ1) is 16.7. The second-order valence-electron chi connectivity index (χ2n) is 8.63. The first-order valence-electron chi connectivity index (χ1n) is 11.3. The molecule has 11 heteroatoms. The average molecular weight is 498 g/mol. The minimum Gasteiger partial charge on any atom is -0.342 e. The molecule has 1 amide bonds. The lowest BCUT2D eigenvalue weighted by Crippen LogP contribution is -2.44. The van der Waals surface area contributed by atoms with Crippen LogP contribution >= 0.6 is 0 Å². The van der Waals surface area contributed by atoms with Gasteiger partial charge in [0.2, 0.25) is 15.9 Å². The number of carbonyl (C=O) groups is 1. The molecule has 2 aromatic carbocycles. The van der Waals surface area contributed by atoms with Gasteiger partial charge in [-0.05, 0) is 30.9 Å². The molecule has 0 radical (unpaired) electrons. The van der Waals surface area contributed by atoms with Crippen LogP contribution in [0.3, 0.4) is 0 Å². The van der Waals surface area contributed by atoms with Crippen LogP contribution < -0.4 is 5.32 Å². The molecular weight excluding hydrogens is 470 g/mol. The maximum absolute atomic E-state index is 13.2. The minimum absolute atomic E-state index is 0.0754. The summed E-state index contributed by atoms with van der Waals surface area (Å²) in [5.74, 6) is 0.176. The van der Waals surface area contributed by atoms with Crippen molar-refractivity contribution < 1.29 is 18.1 Å². The van der Waals surface area contributed by atoms with E-state index in [4.69, 9.17) is 0 Å². The molecule has 1 N–H and O–H groups in total. The Labute approximate surface area is 203 Å². The quantitative estimate of drug-likeness (QED) is 0.395. The molecule has 4 rings (SSSR count). The maximum Gasteiger partial charge on any atom is 0.270 e. The molecule has 2 heterocycles. The number of nitrogens with one attached hydrogen (secondary N) is 1. The fraction of sp³-hybridized carbons (Fsp3) is 0.333. The molecule has 0 unspecified atom stereocenters. The summed E-state index contributed by atoms with van der Waals surface area (Å²) in [5.41, 5.74) is 1.07. The molecule has 1 aliphatic heterocycles. The number of carbonyl (C=O) groups excluding carboxylic acids is 1. The number of aromatic nitrogens is 2. The zero-order valence-electron chi connectivity index (χ0n) is 19.5. The van der Waals surface area contributed by atoms with E-state index in [9.17, 15) is 23.3 Å². The summed E-state index contributed by atoms with van der Waals surface area (Å²) >= 11 is 0. The monoisotopic (exact) mass is 497 g/mol. The lowest BCUT2D eigenvalue weighted by atomic mass is 9.96. The number of hydrogen-bond acceptors (Lipinski definition) is 6. The lowest BCUT2D eigenvalue weighted by molar-refractivity contribution is -0.385. The van der Waals surface area contributed by atoms with E-state index in [0.29, 0.717) is 24.2 Å². The summed E-state index contributed by atoms with van der Waals surface area (Å²) in [7, 11) is -2.06. The Morgan fingerprint density at radius 2 is 1.86 bits per heavy atom. The van der Waals surface area contributed by atoms with Crippen LogP contribution in [-0.4, -0.2) is 46.2 Å². The summed E-state index contributed by atoms with van der Waals surface area (Å²) in [6.07, 6.45) is 4.19. The number of rotatable bonds is 7. The Bertz CT molecular complexity index is 1330. The summed E-state index contributed by atoms with van der Waals surface area (Å²) in [6.45, 7) is 1.92. The first kappa shape index (κ1) is 24.6. The lowest BCUT2D eigenvalue weighted by Gasteiger charge is -2.31. The van der Waals surface area contributed by atoms with Gasteiger partial charge in [0.1, 0.15) is 11.9 Å². The topological polar surface area (TPSA) is 127 Å². The van der Waals surface area contributed by atoms with E-state index >= 15 is 0 Å². The number of nitrogens with zero attached hydrogens (tertiary/aromatic N) is 4. The normalized spacial score (nSPS) is 16.1. The number of piperidine rings is 1. The molecule has 0 aliphatic carbocycles. The summed E-state index contributed by atoms with van der Waals surface area (Å²) in [5, 5.41) is 14.2. The van der Waals surface area contributed by atoms with Gasteiger partial charge in [-0.15, -0.1) is 0 Å². The molecule has 0 bridgehead atoms. The van der Waals surface area contributed by atoms with Gasteiger partial charge in [0.05, 0.1) is 9.82 Å². The fourth-order valence-corrected chi connectivity index (χ4v) is 6.05. The highest BCUT2D eigenvalue weighted by molar-refractivity contribution is 7.89. The molecule has 3 aromatic rings. The molecule has 184 valence electrons. The third-order valence-electron chi connectivity index (χ3n) is 6.36. The van der Waals surface area contributed by atoms with Crippen LogP contribution in [0.1, 0.15) is 35.8 Å². The molecule has 35 heavy (non-hydrogen) atoms. The third-order valence-corrected chi connectivity index (χ3v) is 8.40. The Kier molecular flexibility index (Phi) is 6.99. The molecular formula is C24H27N5O5S. The van der Waals surface area contributed by atoms with Crippen molar-refractivity contribution in [3.05, 3.63) is 88.0 Å². The molecule has 1 fully saturated rings. The van der Waals surface area contributed by atoms with Crippen molar-refractivity contribution in [1.82, 2.24) is 19.2 Å². The van der Waals surface area contributed by atoms with Crippen molar-refractivity contribution in [2.24, 2.45) is 13.0 Å². The molecule has 1 atom stereocenters. The number of imidazole rings is 1. The van der Waals surface area contributed by atoms with Crippen molar-refractivity contribution in [2.45, 2.75) is 30.7 Å². The van der Waals surface area contributed by atoms with E-state index in [2.05, 4.69) is 10.3 Å². The van der Waals surface area contributed by atoms with E-state index in [1.54, 1.807) is 13.1 Å². The van der Waals surface area contributed by atoms with Gasteiger partial charge in [-0.25, -0.2) is 13.4 Å². The van der Waals surface area contributed by atoms with Crippen LogP contribution in [0, 0.1) is 23.0 Å². The van der Waals surface area contributed by atoms with E-state index in [1.807, 2.05) is 48.1 Å². The number of sulfonamides is 1. The Hall–Kier alpha value is -3.57. The predicted molar refractivity (Wildman–Crippen MR) is 129 cm³/mol. The zero-order chi connectivity index (χ0) is 25.2. The highest BCUT2D eigenvalue weighted by Gasteiger charge is 2.34. The third kappa shape index (κ3) is 5.10. The van der Waals surface area contributed by atoms with E-state index in [-0.39, 0.29) is 35.5 Å². The van der Waals surface area contributed by atoms with Crippen molar-refractivity contribution in [3.8, 4) is 0 Å². The maximum atomic E-state index is 13.2. The van der Waals surface area contributed by atoms with Crippen molar-refractivity contribution in [3.63, 3.8) is 0 Å². The van der Waals surface area contributed by atoms with Gasteiger partial charge in [0.15, 0.2) is 0 Å². The van der Waals surface area contributed by atoms with Gasteiger partial charge in [0, 0.05) is 50.6 Å². The smallest absolute Gasteiger partial charge is 0.270 e. The van der Waals surface area contributed by atoms with Gasteiger partial charge in [-0.3, -0.25) is 14.9 Å². The fourth-order valence-electron chi connectivity index (χ4n) is 4.34. The molecule has 0 saturated carbocycles. The second kappa shape index (κ2) is 9.96. The zero-order valence-corrected chi connectivity index (χ0v) is 20.3. The van der Waals surface area contributed by atoms with Gasteiger partial charge < -0.3 is 9.88 Å². The van der Waals surface area contributed by atoms with Crippen molar-refractivity contribution >= 4 is 21.6 Å². The standard InChI is InChI=1S/C24H27N5O5S/c1-17-8-9-20(29(31)32)16-21(17)35(33,34)28-13-10-19(11-14-28)24(30)26-22(18-6-4-3-5-7-18)23-25-12-15-27(23)2/h3-9,12,15-16,19,22H,10-11,13-14H2,1-2H3,(H,26,30)/t22-/m0/s1. The van der Waals surface area contributed by atoms with Gasteiger partial charge in [0.25, 0.3) is 5.69 Å². The number of benzene rings is 2. The highest BCUT2D eigenvalue weighted by atomic mass is 32.2. The molecule has 1 saturated heterocycles. The van der Waals surface area contributed by atoms with Gasteiger partial charge in [-0.1, -0.05) is 36.4 Å². The number of aryl methyl sites for hydroxylation is 2. The first-order valence-corrected chi connectivity index (χ1v) is 12.7. The number of nitro benzene ring substituents is 1. The number of nitro groups is 1. The number of amides is 1. The summed E-state index contributed by atoms with van der Waals surface area (Å²) in [6, 6.07) is 12.9. The van der Waals surface area contributed by atoms with Crippen LogP contribution in [0.2, 0.25) is 0 Å². The summed E-state index contributed by atoms with van der Waals surface area (Å²) < 4.78 is 29.6. The van der Waals surface area contributed by atoms with Crippen molar-refractivity contribution in [1.29, 1.82) is 0 Å². The number of non-ortho nitro benzene ring substituents is 1. The summed E-state index contributed by atoms with van der Waals surface area (Å²) in [4.78, 5) is 28.0. The van der Waals surface area contributed by atoms with Crippen LogP contribution in [0.4, 0.5) is 5.69 Å². The van der Waals surface area contributed by atoms with Crippen LogP contribution in [0.5, 0.6) is 0 Å². The SMILES string of the molecule is Cc1ccc([N+](=O)[O-])cc1S(=O)(=O)N1CCC(C(=O)N[C@@H](c2ccccc2)c2nccn2C)CC1. The molecule has 1 aliphatic rings. The Balaban J connectivity index is 1.47. The van der Waals surface area contributed by atoms with Crippen LogP contribution in [-0.2, 0) is 21.9 Å². The van der Waals surface area contributed by atoms with Gasteiger partial charge in [-0.2, -0.15) is 4.31 Å². The molecule has 1 aromatic heterocycles. The number of hydrogen-bond donors (Lipinski definition) is 1. The largest absolute Gasteiger partial charge is 0.342 e. The van der Waals surface area contributed by atoms with E-state index < -0.39 is 21.0 Å². The van der Waals surface area contributed by atoms with Crippen LogP contribution in [0.15, 0.2) is 65.8 Å². The predicted octanol–water partition coefficient (Wildman–Crippen LogP) is 2.94. The van der Waals surface area contributed by atoms with Crippen molar-refractivity contribution in [2.75, 3.05) is 13.1 Å². The Morgan fingerprint density at radius 3 is 2.46 bits per heavy atom. The second-order valence-corrected chi connectivity index (χ2v) is 10.5. The minimum atomic E-state index is -3.92. The highest BCUT2D eigenvalue weighted by Crippen LogP contribution is 2.29. The van der Waals surface area contributed by atoms with E-state index in [0.717, 1.165) is 11.6 Å². The molecule has 0 spiro atoms. The average Bonchev–Trinajstić information content (AvgIpc) is 3.28. The molecule has 10 nitrogen and oxygen atoms in total. The van der Waals surface area contributed by atoms with Gasteiger partial charge >= 0.3 is 0 Å². The van der Waals surface area contributed by atoms with E-state index in [1.165, 1.54) is 16.4 Å².